The zero-order valence-electron chi connectivity index (χ0n) is 13.2. The summed E-state index contributed by atoms with van der Waals surface area (Å²) < 4.78 is 5.73. The van der Waals surface area contributed by atoms with Crippen LogP contribution in [-0.4, -0.2) is 38.3 Å². The summed E-state index contributed by atoms with van der Waals surface area (Å²) in [5.41, 5.74) is 0. The molecule has 0 aliphatic carbocycles. The molecule has 0 bridgehead atoms. The van der Waals surface area contributed by atoms with Gasteiger partial charge in [-0.2, -0.15) is 0 Å². The van der Waals surface area contributed by atoms with E-state index in [0.717, 1.165) is 45.0 Å². The molecule has 0 radical (unpaired) electrons. The molecule has 0 spiro atoms. The summed E-state index contributed by atoms with van der Waals surface area (Å²) in [4.78, 5) is 4.47. The molecule has 0 aromatic rings. The van der Waals surface area contributed by atoms with Crippen molar-refractivity contribution in [2.75, 3.05) is 26.2 Å². The van der Waals surface area contributed by atoms with Gasteiger partial charge in [0.1, 0.15) is 0 Å². The number of guanidine groups is 1. The highest BCUT2D eigenvalue weighted by Crippen LogP contribution is 2.09. The number of hydrogen-bond donors (Lipinski definition) is 2. The Morgan fingerprint density at radius 2 is 1.84 bits per heavy atom. The summed E-state index contributed by atoms with van der Waals surface area (Å²) in [6, 6.07) is 0. The first-order valence-corrected chi connectivity index (χ1v) is 7.29. The largest absolute Gasteiger partial charge is 0.378 e. The van der Waals surface area contributed by atoms with Crippen LogP contribution >= 0.6 is 24.0 Å². The van der Waals surface area contributed by atoms with Crippen LogP contribution in [0.15, 0.2) is 4.99 Å². The van der Waals surface area contributed by atoms with E-state index in [1.54, 1.807) is 0 Å². The molecule has 116 valence electrons. The first-order chi connectivity index (χ1) is 8.65. The molecule has 0 aromatic carbocycles. The third-order valence-corrected chi connectivity index (χ3v) is 2.68. The van der Waals surface area contributed by atoms with Crippen molar-refractivity contribution < 1.29 is 4.74 Å². The molecule has 4 nitrogen and oxygen atoms in total. The van der Waals surface area contributed by atoms with E-state index in [1.165, 1.54) is 0 Å². The topological polar surface area (TPSA) is 45.7 Å². The Morgan fingerprint density at radius 1 is 1.16 bits per heavy atom. The molecule has 5 heteroatoms. The Bertz CT molecular complexity index is 223. The van der Waals surface area contributed by atoms with Crippen molar-refractivity contribution in [1.82, 2.24) is 10.6 Å². The Morgan fingerprint density at radius 3 is 2.32 bits per heavy atom. The SMILES string of the molecule is CCCN=C(NCC)NCCC(OCC)C(C)C.I. The summed E-state index contributed by atoms with van der Waals surface area (Å²) in [6.45, 7) is 14.1. The maximum Gasteiger partial charge on any atom is 0.191 e. The maximum absolute atomic E-state index is 5.73. The summed E-state index contributed by atoms with van der Waals surface area (Å²) in [5.74, 6) is 1.47. The second-order valence-corrected chi connectivity index (χ2v) is 4.71. The molecular weight excluding hydrogens is 353 g/mol. The fourth-order valence-corrected chi connectivity index (χ4v) is 1.72. The monoisotopic (exact) mass is 385 g/mol. The number of aliphatic imine (C=N–C) groups is 1. The van der Waals surface area contributed by atoms with E-state index in [-0.39, 0.29) is 24.0 Å². The Kier molecular flexibility index (Phi) is 16.1. The lowest BCUT2D eigenvalue weighted by molar-refractivity contribution is 0.0258. The van der Waals surface area contributed by atoms with Gasteiger partial charge in [-0.25, -0.2) is 0 Å². The minimum absolute atomic E-state index is 0. The molecule has 1 unspecified atom stereocenters. The van der Waals surface area contributed by atoms with Gasteiger partial charge in [-0.15, -0.1) is 24.0 Å². The van der Waals surface area contributed by atoms with E-state index in [1.807, 2.05) is 0 Å². The highest BCUT2D eigenvalue weighted by atomic mass is 127. The predicted molar refractivity (Wildman–Crippen MR) is 94.6 cm³/mol. The Hall–Kier alpha value is -0.0400. The predicted octanol–water partition coefficient (Wildman–Crippen LogP) is 3.02. The van der Waals surface area contributed by atoms with Crippen LogP contribution in [0.2, 0.25) is 0 Å². The quantitative estimate of drug-likeness (QED) is 0.364. The van der Waals surface area contributed by atoms with Gasteiger partial charge in [-0.3, -0.25) is 4.99 Å². The number of nitrogens with one attached hydrogen (secondary N) is 2. The molecule has 19 heavy (non-hydrogen) atoms. The molecule has 0 aromatic heterocycles. The lowest BCUT2D eigenvalue weighted by Gasteiger charge is -2.21. The van der Waals surface area contributed by atoms with E-state index in [0.29, 0.717) is 12.0 Å². The molecule has 0 aliphatic rings. The van der Waals surface area contributed by atoms with Gasteiger partial charge in [0.2, 0.25) is 0 Å². The van der Waals surface area contributed by atoms with E-state index in [4.69, 9.17) is 4.74 Å². The van der Waals surface area contributed by atoms with Crippen molar-refractivity contribution in [3.05, 3.63) is 0 Å². The van der Waals surface area contributed by atoms with E-state index >= 15 is 0 Å². The molecule has 2 N–H and O–H groups in total. The third-order valence-electron chi connectivity index (χ3n) is 2.68. The minimum Gasteiger partial charge on any atom is -0.378 e. The third kappa shape index (κ3) is 11.5. The molecular formula is C14H32IN3O. The maximum atomic E-state index is 5.73. The van der Waals surface area contributed by atoms with Crippen molar-refractivity contribution in [3.8, 4) is 0 Å². The molecule has 0 heterocycles. The van der Waals surface area contributed by atoms with Gasteiger partial charge in [0.15, 0.2) is 5.96 Å². The van der Waals surface area contributed by atoms with E-state index in [2.05, 4.69) is 50.2 Å². The van der Waals surface area contributed by atoms with Crippen LogP contribution in [0.5, 0.6) is 0 Å². The van der Waals surface area contributed by atoms with Crippen molar-refractivity contribution in [1.29, 1.82) is 0 Å². The van der Waals surface area contributed by atoms with Crippen molar-refractivity contribution in [2.45, 2.75) is 53.6 Å². The van der Waals surface area contributed by atoms with Gasteiger partial charge >= 0.3 is 0 Å². The van der Waals surface area contributed by atoms with Crippen molar-refractivity contribution in [2.24, 2.45) is 10.9 Å². The van der Waals surface area contributed by atoms with Crippen molar-refractivity contribution >= 4 is 29.9 Å². The normalized spacial score (nSPS) is 13.1. The number of halogens is 1. The standard InChI is InChI=1S/C14H31N3O.HI/c1-6-10-16-14(15-7-2)17-11-9-13(12(4)5)18-8-3;/h12-13H,6-11H2,1-5H3,(H2,15,16,17);1H. The minimum atomic E-state index is 0. The number of ether oxygens (including phenoxy) is 1. The summed E-state index contributed by atoms with van der Waals surface area (Å²) in [5, 5.41) is 6.61. The van der Waals surface area contributed by atoms with Crippen LogP contribution in [0.3, 0.4) is 0 Å². The van der Waals surface area contributed by atoms with Gasteiger partial charge in [-0.05, 0) is 32.6 Å². The first-order valence-electron chi connectivity index (χ1n) is 7.29. The van der Waals surface area contributed by atoms with E-state index in [9.17, 15) is 0 Å². The lowest BCUT2D eigenvalue weighted by Crippen LogP contribution is -2.39. The number of nitrogens with zero attached hydrogens (tertiary/aromatic N) is 1. The lowest BCUT2D eigenvalue weighted by atomic mass is 10.0. The smallest absolute Gasteiger partial charge is 0.191 e. The second-order valence-electron chi connectivity index (χ2n) is 4.71. The highest BCUT2D eigenvalue weighted by Gasteiger charge is 2.12. The average molecular weight is 385 g/mol. The molecule has 0 saturated carbocycles. The Labute approximate surface area is 136 Å². The van der Waals surface area contributed by atoms with Crippen LogP contribution in [-0.2, 0) is 4.74 Å². The number of rotatable bonds is 9. The van der Waals surface area contributed by atoms with Gasteiger partial charge in [0.25, 0.3) is 0 Å². The van der Waals surface area contributed by atoms with Crippen LogP contribution < -0.4 is 10.6 Å². The summed E-state index contributed by atoms with van der Waals surface area (Å²) >= 11 is 0. The zero-order valence-corrected chi connectivity index (χ0v) is 15.5. The summed E-state index contributed by atoms with van der Waals surface area (Å²) in [6.07, 6.45) is 2.42. The Balaban J connectivity index is 0. The van der Waals surface area contributed by atoms with Crippen LogP contribution in [0.1, 0.15) is 47.5 Å². The van der Waals surface area contributed by atoms with Crippen LogP contribution in [0.4, 0.5) is 0 Å². The fraction of sp³-hybridized carbons (Fsp3) is 0.929. The summed E-state index contributed by atoms with van der Waals surface area (Å²) in [7, 11) is 0. The second kappa shape index (κ2) is 14.4. The fourth-order valence-electron chi connectivity index (χ4n) is 1.72. The van der Waals surface area contributed by atoms with Crippen molar-refractivity contribution in [3.63, 3.8) is 0 Å². The van der Waals surface area contributed by atoms with Gasteiger partial charge in [-0.1, -0.05) is 20.8 Å². The van der Waals surface area contributed by atoms with Gasteiger partial charge in [0.05, 0.1) is 6.10 Å². The first kappa shape index (κ1) is 21.3. The van der Waals surface area contributed by atoms with E-state index < -0.39 is 0 Å². The molecule has 0 rings (SSSR count). The molecule has 0 saturated heterocycles. The zero-order chi connectivity index (χ0) is 13.8. The average Bonchev–Trinajstić information content (AvgIpc) is 2.34. The molecule has 0 amide bonds. The molecule has 1 atom stereocenters. The molecule has 0 fully saturated rings. The van der Waals surface area contributed by atoms with Crippen LogP contribution in [0, 0.1) is 5.92 Å². The molecule has 0 aliphatic heterocycles. The van der Waals surface area contributed by atoms with Gasteiger partial charge < -0.3 is 15.4 Å². The highest BCUT2D eigenvalue weighted by molar-refractivity contribution is 14.0. The number of hydrogen-bond acceptors (Lipinski definition) is 2. The van der Waals surface area contributed by atoms with Gasteiger partial charge in [0, 0.05) is 26.2 Å². The van der Waals surface area contributed by atoms with Crippen LogP contribution in [0.25, 0.3) is 0 Å².